The number of amides is 1. The van der Waals surface area contributed by atoms with E-state index in [-0.39, 0.29) is 18.3 Å². The van der Waals surface area contributed by atoms with E-state index in [4.69, 9.17) is 15.2 Å². The van der Waals surface area contributed by atoms with E-state index >= 15 is 0 Å². The van der Waals surface area contributed by atoms with Crippen molar-refractivity contribution in [2.45, 2.75) is 13.1 Å². The lowest BCUT2D eigenvalue weighted by Crippen LogP contribution is -2.23. The van der Waals surface area contributed by atoms with Crippen LogP contribution < -0.4 is 20.5 Å². The van der Waals surface area contributed by atoms with E-state index in [2.05, 4.69) is 10.3 Å². The molecule has 7 heteroatoms. The summed E-state index contributed by atoms with van der Waals surface area (Å²) in [5, 5.41) is 2.85. The molecule has 1 aromatic heterocycles. The lowest BCUT2D eigenvalue weighted by Gasteiger charge is -2.11. The third-order valence-electron chi connectivity index (χ3n) is 3.21. The summed E-state index contributed by atoms with van der Waals surface area (Å²) in [6.07, 6.45) is 1.57. The fourth-order valence-corrected chi connectivity index (χ4v) is 2.03. The van der Waals surface area contributed by atoms with E-state index in [1.165, 1.54) is 0 Å². The van der Waals surface area contributed by atoms with Crippen molar-refractivity contribution in [1.82, 2.24) is 10.3 Å². The molecule has 0 aliphatic heterocycles. The molecule has 0 aliphatic rings. The van der Waals surface area contributed by atoms with Crippen molar-refractivity contribution < 1.29 is 14.3 Å². The number of aromatic nitrogens is 1. The molecular formula is C16H20ClN3O3. The van der Waals surface area contributed by atoms with E-state index in [1.54, 1.807) is 44.7 Å². The van der Waals surface area contributed by atoms with Crippen LogP contribution in [-0.4, -0.2) is 25.1 Å². The van der Waals surface area contributed by atoms with Gasteiger partial charge in [-0.2, -0.15) is 0 Å². The molecule has 0 saturated carbocycles. The van der Waals surface area contributed by atoms with E-state index in [9.17, 15) is 4.79 Å². The highest BCUT2D eigenvalue weighted by Gasteiger charge is 2.09. The van der Waals surface area contributed by atoms with Crippen LogP contribution in [0.15, 0.2) is 36.5 Å². The van der Waals surface area contributed by atoms with Gasteiger partial charge in [-0.3, -0.25) is 9.78 Å². The SMILES string of the molecule is COc1ccc(OC)c(CNC(=O)c2ccnc(CN)c2)c1.Cl. The first kappa shape index (κ1) is 18.7. The zero-order valence-corrected chi connectivity index (χ0v) is 13.9. The Balaban J connectivity index is 0.00000264. The first-order valence-corrected chi connectivity index (χ1v) is 6.82. The maximum absolute atomic E-state index is 12.2. The Hall–Kier alpha value is -2.31. The van der Waals surface area contributed by atoms with Crippen LogP contribution in [0.5, 0.6) is 11.5 Å². The van der Waals surface area contributed by atoms with Crippen molar-refractivity contribution in [2.75, 3.05) is 14.2 Å². The van der Waals surface area contributed by atoms with Gasteiger partial charge in [-0.05, 0) is 30.3 Å². The Morgan fingerprint density at radius 1 is 1.22 bits per heavy atom. The number of methoxy groups -OCH3 is 2. The number of nitrogens with zero attached hydrogens (tertiary/aromatic N) is 1. The molecule has 2 rings (SSSR count). The van der Waals surface area contributed by atoms with Gasteiger partial charge in [0.1, 0.15) is 11.5 Å². The Labute approximate surface area is 141 Å². The van der Waals surface area contributed by atoms with Gasteiger partial charge in [-0.15, -0.1) is 12.4 Å². The van der Waals surface area contributed by atoms with Crippen LogP contribution >= 0.6 is 12.4 Å². The third kappa shape index (κ3) is 4.84. The Morgan fingerprint density at radius 2 is 2.00 bits per heavy atom. The summed E-state index contributed by atoms with van der Waals surface area (Å²) in [6, 6.07) is 8.77. The summed E-state index contributed by atoms with van der Waals surface area (Å²) in [4.78, 5) is 16.3. The number of carbonyl (C=O) groups excluding carboxylic acids is 1. The van der Waals surface area contributed by atoms with Gasteiger partial charge in [0.05, 0.1) is 19.9 Å². The molecule has 0 saturated heterocycles. The molecule has 0 atom stereocenters. The average Bonchev–Trinajstić information content (AvgIpc) is 2.59. The first-order valence-electron chi connectivity index (χ1n) is 6.82. The minimum absolute atomic E-state index is 0. The predicted octanol–water partition coefficient (Wildman–Crippen LogP) is 1.91. The maximum atomic E-state index is 12.2. The number of nitrogens with one attached hydrogen (secondary N) is 1. The first-order chi connectivity index (χ1) is 10.7. The number of nitrogens with two attached hydrogens (primary N) is 1. The molecule has 0 spiro atoms. The average molecular weight is 338 g/mol. The summed E-state index contributed by atoms with van der Waals surface area (Å²) in [6.45, 7) is 0.629. The van der Waals surface area contributed by atoms with Crippen LogP contribution in [0.3, 0.4) is 0 Å². The van der Waals surface area contributed by atoms with Crippen LogP contribution in [0.2, 0.25) is 0 Å². The number of carbonyl (C=O) groups is 1. The second-order valence-electron chi connectivity index (χ2n) is 4.60. The lowest BCUT2D eigenvalue weighted by atomic mass is 10.1. The van der Waals surface area contributed by atoms with Crippen molar-refractivity contribution in [3.63, 3.8) is 0 Å². The van der Waals surface area contributed by atoms with Crippen molar-refractivity contribution in [2.24, 2.45) is 5.73 Å². The minimum Gasteiger partial charge on any atom is -0.497 e. The summed E-state index contributed by atoms with van der Waals surface area (Å²) in [5.41, 5.74) is 7.56. The molecule has 6 nitrogen and oxygen atoms in total. The molecular weight excluding hydrogens is 318 g/mol. The van der Waals surface area contributed by atoms with Crippen LogP contribution in [0, 0.1) is 0 Å². The van der Waals surface area contributed by atoms with E-state index in [1.807, 2.05) is 6.07 Å². The Bertz CT molecular complexity index is 665. The molecule has 1 amide bonds. The molecule has 0 bridgehead atoms. The van der Waals surface area contributed by atoms with Crippen molar-refractivity contribution >= 4 is 18.3 Å². The molecule has 0 fully saturated rings. The molecule has 124 valence electrons. The number of pyridine rings is 1. The van der Waals surface area contributed by atoms with Gasteiger partial charge >= 0.3 is 0 Å². The van der Waals surface area contributed by atoms with Crippen LogP contribution in [0.25, 0.3) is 0 Å². The summed E-state index contributed by atoms with van der Waals surface area (Å²) < 4.78 is 10.5. The van der Waals surface area contributed by atoms with E-state index in [0.29, 0.717) is 35.8 Å². The van der Waals surface area contributed by atoms with Crippen LogP contribution in [-0.2, 0) is 13.1 Å². The van der Waals surface area contributed by atoms with Gasteiger partial charge in [-0.1, -0.05) is 0 Å². The lowest BCUT2D eigenvalue weighted by molar-refractivity contribution is 0.0950. The zero-order valence-electron chi connectivity index (χ0n) is 13.0. The van der Waals surface area contributed by atoms with Gasteiger partial charge < -0.3 is 20.5 Å². The smallest absolute Gasteiger partial charge is 0.251 e. The zero-order chi connectivity index (χ0) is 15.9. The quantitative estimate of drug-likeness (QED) is 0.840. The second-order valence-corrected chi connectivity index (χ2v) is 4.60. The molecule has 23 heavy (non-hydrogen) atoms. The maximum Gasteiger partial charge on any atom is 0.251 e. The Kier molecular flexibility index (Phi) is 7.31. The number of halogens is 1. The van der Waals surface area contributed by atoms with Gasteiger partial charge in [0, 0.05) is 30.4 Å². The number of benzene rings is 1. The predicted molar refractivity (Wildman–Crippen MR) is 90.1 cm³/mol. The molecule has 2 aromatic rings. The number of hydrogen-bond acceptors (Lipinski definition) is 5. The van der Waals surface area contributed by atoms with E-state index < -0.39 is 0 Å². The highest BCUT2D eigenvalue weighted by atomic mass is 35.5. The fraction of sp³-hybridized carbons (Fsp3) is 0.250. The third-order valence-corrected chi connectivity index (χ3v) is 3.21. The number of ether oxygens (including phenoxy) is 2. The topological polar surface area (TPSA) is 86.5 Å². The van der Waals surface area contributed by atoms with Crippen molar-refractivity contribution in [3.8, 4) is 11.5 Å². The second kappa shape index (κ2) is 8.97. The normalized spacial score (nSPS) is 9.70. The van der Waals surface area contributed by atoms with Gasteiger partial charge in [0.15, 0.2) is 0 Å². The van der Waals surface area contributed by atoms with Crippen molar-refractivity contribution in [1.29, 1.82) is 0 Å². The van der Waals surface area contributed by atoms with Gasteiger partial charge in [0.25, 0.3) is 5.91 Å². The molecule has 0 unspecified atom stereocenters. The molecule has 0 aliphatic carbocycles. The van der Waals surface area contributed by atoms with Gasteiger partial charge in [-0.25, -0.2) is 0 Å². The molecule has 1 heterocycles. The number of rotatable bonds is 6. The molecule has 3 N–H and O–H groups in total. The van der Waals surface area contributed by atoms with Crippen molar-refractivity contribution in [3.05, 3.63) is 53.3 Å². The van der Waals surface area contributed by atoms with E-state index in [0.717, 1.165) is 5.56 Å². The fourth-order valence-electron chi connectivity index (χ4n) is 2.03. The highest BCUT2D eigenvalue weighted by molar-refractivity contribution is 5.94. The molecule has 1 aromatic carbocycles. The number of hydrogen-bond donors (Lipinski definition) is 2. The highest BCUT2D eigenvalue weighted by Crippen LogP contribution is 2.23. The summed E-state index contributed by atoms with van der Waals surface area (Å²) in [5.74, 6) is 1.21. The monoisotopic (exact) mass is 337 g/mol. The largest absolute Gasteiger partial charge is 0.497 e. The van der Waals surface area contributed by atoms with Crippen LogP contribution in [0.1, 0.15) is 21.6 Å². The standard InChI is InChI=1S/C16H19N3O3.ClH/c1-21-14-3-4-15(22-2)12(8-14)10-19-16(20)11-5-6-18-13(7-11)9-17;/h3-8H,9-10,17H2,1-2H3,(H,19,20);1H. The van der Waals surface area contributed by atoms with Gasteiger partial charge in [0.2, 0.25) is 0 Å². The summed E-state index contributed by atoms with van der Waals surface area (Å²) >= 11 is 0. The Morgan fingerprint density at radius 3 is 2.65 bits per heavy atom. The summed E-state index contributed by atoms with van der Waals surface area (Å²) in [7, 11) is 3.18. The van der Waals surface area contributed by atoms with Crippen LogP contribution in [0.4, 0.5) is 0 Å². The molecule has 0 radical (unpaired) electrons. The minimum atomic E-state index is -0.193.